The lowest BCUT2D eigenvalue weighted by Crippen LogP contribution is -2.48. The third-order valence-corrected chi connectivity index (χ3v) is 7.27. The molecule has 0 saturated carbocycles. The van der Waals surface area contributed by atoms with E-state index in [0.29, 0.717) is 5.56 Å². The highest BCUT2D eigenvalue weighted by molar-refractivity contribution is 6.30. The quantitative estimate of drug-likeness (QED) is 0.252. The topological polar surface area (TPSA) is 103 Å². The number of amides is 2. The zero-order chi connectivity index (χ0) is 30.2. The fraction of sp³-hybridized carbons (Fsp3) is 0.167. The standard InChI is InChI=1S/C30H22ClF4N3O4/c31-19-5-8-25-24(13-19)29(42,16-39)30(34,35)10-11-38(25)28(41)18-4-9-26(36-15-18)37-27(40)23-14-21(33)6-7-22(23)17-2-1-3-20(32)12-17/h1-9,12-15,39,42H,10-11,16H2,(H,36,37,40)/t29-/m0/s1. The third kappa shape index (κ3) is 5.34. The van der Waals surface area contributed by atoms with Crippen molar-refractivity contribution in [3.63, 3.8) is 0 Å². The summed E-state index contributed by atoms with van der Waals surface area (Å²) in [5, 5.41) is 23.0. The molecule has 12 heteroatoms. The van der Waals surface area contributed by atoms with Gasteiger partial charge in [-0.2, -0.15) is 0 Å². The number of halogens is 5. The minimum atomic E-state index is -3.79. The summed E-state index contributed by atoms with van der Waals surface area (Å²) in [6.07, 6.45) is 0.166. The van der Waals surface area contributed by atoms with E-state index in [0.717, 1.165) is 29.3 Å². The average molecular weight is 600 g/mol. The number of hydrogen-bond donors (Lipinski definition) is 3. The summed E-state index contributed by atoms with van der Waals surface area (Å²) in [7, 11) is 0. The Morgan fingerprint density at radius 2 is 1.76 bits per heavy atom. The van der Waals surface area contributed by atoms with Gasteiger partial charge in [0.1, 0.15) is 17.5 Å². The zero-order valence-corrected chi connectivity index (χ0v) is 22.4. The fourth-order valence-electron chi connectivity index (χ4n) is 4.81. The van der Waals surface area contributed by atoms with Gasteiger partial charge in [-0.15, -0.1) is 0 Å². The molecule has 42 heavy (non-hydrogen) atoms. The Morgan fingerprint density at radius 1 is 1.00 bits per heavy atom. The third-order valence-electron chi connectivity index (χ3n) is 7.04. The Hall–Kier alpha value is -4.32. The molecule has 0 radical (unpaired) electrons. The van der Waals surface area contributed by atoms with E-state index in [1.807, 2.05) is 0 Å². The molecule has 216 valence electrons. The largest absolute Gasteiger partial charge is 0.393 e. The van der Waals surface area contributed by atoms with Gasteiger partial charge in [-0.25, -0.2) is 22.5 Å². The van der Waals surface area contributed by atoms with Crippen LogP contribution in [-0.2, 0) is 5.60 Å². The van der Waals surface area contributed by atoms with Crippen LogP contribution in [0.2, 0.25) is 5.02 Å². The van der Waals surface area contributed by atoms with E-state index in [1.54, 1.807) is 6.07 Å². The number of aliphatic hydroxyl groups is 2. The minimum absolute atomic E-state index is 0.00441. The molecule has 0 saturated heterocycles. The zero-order valence-electron chi connectivity index (χ0n) is 21.6. The lowest BCUT2D eigenvalue weighted by atomic mass is 9.86. The van der Waals surface area contributed by atoms with Crippen molar-refractivity contribution >= 4 is 34.9 Å². The molecule has 0 aliphatic carbocycles. The first-order chi connectivity index (χ1) is 19.9. The first-order valence-corrected chi connectivity index (χ1v) is 13.0. The molecule has 7 nitrogen and oxygen atoms in total. The summed E-state index contributed by atoms with van der Waals surface area (Å²) in [5.41, 5.74) is -2.93. The summed E-state index contributed by atoms with van der Waals surface area (Å²) >= 11 is 5.99. The molecule has 1 aromatic heterocycles. The van der Waals surface area contributed by atoms with Gasteiger partial charge in [0.2, 0.25) is 0 Å². The smallest absolute Gasteiger partial charge is 0.284 e. The van der Waals surface area contributed by atoms with Gasteiger partial charge in [-0.3, -0.25) is 9.59 Å². The number of nitrogens with zero attached hydrogens (tertiary/aromatic N) is 2. The van der Waals surface area contributed by atoms with Crippen molar-refractivity contribution in [2.45, 2.75) is 17.9 Å². The molecule has 3 aromatic carbocycles. The van der Waals surface area contributed by atoms with Crippen LogP contribution in [0, 0.1) is 11.6 Å². The predicted molar refractivity (Wildman–Crippen MR) is 148 cm³/mol. The van der Waals surface area contributed by atoms with E-state index in [9.17, 15) is 37.4 Å². The van der Waals surface area contributed by atoms with Gasteiger partial charge < -0.3 is 20.4 Å². The first kappa shape index (κ1) is 29.2. The second kappa shape index (κ2) is 11.2. The summed E-state index contributed by atoms with van der Waals surface area (Å²) in [5.74, 6) is -6.50. The van der Waals surface area contributed by atoms with Crippen molar-refractivity contribution < 1.29 is 37.4 Å². The molecule has 2 heterocycles. The maximum absolute atomic E-state index is 15.0. The van der Waals surface area contributed by atoms with Crippen molar-refractivity contribution in [1.82, 2.24) is 4.98 Å². The first-order valence-electron chi connectivity index (χ1n) is 12.6. The summed E-state index contributed by atoms with van der Waals surface area (Å²) in [4.78, 5) is 31.6. The molecular weight excluding hydrogens is 578 g/mol. The molecule has 3 N–H and O–H groups in total. The van der Waals surface area contributed by atoms with Gasteiger partial charge in [0.15, 0.2) is 5.60 Å². The maximum atomic E-state index is 15.0. The van der Waals surface area contributed by atoms with Crippen LogP contribution in [0.15, 0.2) is 79.0 Å². The van der Waals surface area contributed by atoms with E-state index in [-0.39, 0.29) is 33.2 Å². The van der Waals surface area contributed by atoms with E-state index in [4.69, 9.17) is 11.6 Å². The second-order valence-electron chi connectivity index (χ2n) is 9.68. The number of aromatic nitrogens is 1. The number of rotatable bonds is 5. The Morgan fingerprint density at radius 3 is 2.45 bits per heavy atom. The molecule has 2 amide bonds. The van der Waals surface area contributed by atoms with Crippen LogP contribution in [0.1, 0.15) is 32.7 Å². The molecule has 1 aliphatic rings. The highest BCUT2D eigenvalue weighted by atomic mass is 35.5. The number of benzene rings is 3. The van der Waals surface area contributed by atoms with Crippen LogP contribution >= 0.6 is 11.6 Å². The van der Waals surface area contributed by atoms with Crippen LogP contribution in [-0.4, -0.2) is 46.1 Å². The van der Waals surface area contributed by atoms with E-state index < -0.39 is 60.1 Å². The number of hydrogen-bond acceptors (Lipinski definition) is 5. The lowest BCUT2D eigenvalue weighted by Gasteiger charge is -2.33. The van der Waals surface area contributed by atoms with Gasteiger partial charge in [-0.05, 0) is 65.7 Å². The van der Waals surface area contributed by atoms with Crippen LogP contribution in [0.5, 0.6) is 0 Å². The Labute approximate surface area is 242 Å². The summed E-state index contributed by atoms with van der Waals surface area (Å²) in [6.45, 7) is -1.80. The number of alkyl halides is 2. The number of carbonyl (C=O) groups excluding carboxylic acids is 2. The van der Waals surface area contributed by atoms with Gasteiger partial charge >= 0.3 is 0 Å². The normalized spacial score (nSPS) is 17.7. The molecule has 0 bridgehead atoms. The van der Waals surface area contributed by atoms with Gasteiger partial charge in [-0.1, -0.05) is 29.8 Å². The Kier molecular flexibility index (Phi) is 7.76. The van der Waals surface area contributed by atoms with Crippen LogP contribution in [0.4, 0.5) is 29.1 Å². The van der Waals surface area contributed by atoms with E-state index in [2.05, 4.69) is 10.3 Å². The number of nitrogens with one attached hydrogen (secondary N) is 1. The van der Waals surface area contributed by atoms with Crippen molar-refractivity contribution in [3.05, 3.63) is 112 Å². The van der Waals surface area contributed by atoms with Crippen LogP contribution < -0.4 is 10.2 Å². The van der Waals surface area contributed by atoms with Crippen LogP contribution in [0.25, 0.3) is 11.1 Å². The number of carbonyl (C=O) groups is 2. The molecular formula is C30H22ClF4N3O4. The molecule has 0 spiro atoms. The summed E-state index contributed by atoms with van der Waals surface area (Å²) < 4.78 is 57.8. The number of aliphatic hydroxyl groups excluding tert-OH is 1. The van der Waals surface area contributed by atoms with E-state index in [1.165, 1.54) is 48.5 Å². The fourth-order valence-corrected chi connectivity index (χ4v) is 4.98. The van der Waals surface area contributed by atoms with Crippen molar-refractivity contribution in [3.8, 4) is 11.1 Å². The minimum Gasteiger partial charge on any atom is -0.393 e. The Balaban J connectivity index is 1.41. The van der Waals surface area contributed by atoms with Gasteiger partial charge in [0.05, 0.1) is 23.4 Å². The summed E-state index contributed by atoms with van der Waals surface area (Å²) in [6, 6.07) is 15.3. The molecule has 0 fully saturated rings. The molecule has 5 rings (SSSR count). The van der Waals surface area contributed by atoms with Crippen LogP contribution in [0.3, 0.4) is 0 Å². The highest BCUT2D eigenvalue weighted by Gasteiger charge is 2.56. The van der Waals surface area contributed by atoms with Gasteiger partial charge in [0.25, 0.3) is 17.7 Å². The molecule has 1 atom stereocenters. The SMILES string of the molecule is O=C(Nc1ccc(C(=O)N2CCC(F)(F)[C@](O)(CO)c3cc(Cl)ccc32)cn1)c1cc(F)ccc1-c1cccc(F)c1. The second-order valence-corrected chi connectivity index (χ2v) is 10.1. The Bertz CT molecular complexity index is 1690. The maximum Gasteiger partial charge on any atom is 0.284 e. The number of pyridine rings is 1. The highest BCUT2D eigenvalue weighted by Crippen LogP contribution is 2.47. The lowest BCUT2D eigenvalue weighted by molar-refractivity contribution is -0.205. The van der Waals surface area contributed by atoms with Crippen molar-refractivity contribution in [2.75, 3.05) is 23.4 Å². The molecule has 4 aromatic rings. The molecule has 0 unspecified atom stereocenters. The molecule has 1 aliphatic heterocycles. The van der Waals surface area contributed by atoms with E-state index >= 15 is 0 Å². The van der Waals surface area contributed by atoms with Crippen molar-refractivity contribution in [2.24, 2.45) is 0 Å². The average Bonchev–Trinajstić information content (AvgIpc) is 3.05. The monoisotopic (exact) mass is 599 g/mol. The number of anilines is 2. The number of fused-ring (bicyclic) bond motifs is 1. The van der Waals surface area contributed by atoms with Crippen molar-refractivity contribution in [1.29, 1.82) is 0 Å². The predicted octanol–water partition coefficient (Wildman–Crippen LogP) is 5.80. The van der Waals surface area contributed by atoms with Gasteiger partial charge in [0, 0.05) is 29.7 Å².